The molecule has 0 atom stereocenters. The molecule has 0 unspecified atom stereocenters. The molecule has 45 heteroatoms. The van der Waals surface area contributed by atoms with Crippen molar-refractivity contribution in [2.24, 2.45) is 77.5 Å². The van der Waals surface area contributed by atoms with Crippen LogP contribution in [0.3, 0.4) is 0 Å². The summed E-state index contributed by atoms with van der Waals surface area (Å²) in [6.07, 6.45) is 16.2. The lowest BCUT2D eigenvalue weighted by atomic mass is 10.2. The van der Waals surface area contributed by atoms with E-state index in [9.17, 15) is 76.7 Å². The van der Waals surface area contributed by atoms with E-state index >= 15 is 0 Å². The number of hydrogen-bond acceptors (Lipinski definition) is 18. The van der Waals surface area contributed by atoms with Crippen LogP contribution in [-0.2, 0) is 101 Å². The molecule has 0 aromatic carbocycles. The number of nitrogens with zero attached hydrogens (tertiary/aromatic N) is 13. The van der Waals surface area contributed by atoms with Crippen molar-refractivity contribution in [2.75, 3.05) is 84.7 Å². The van der Waals surface area contributed by atoms with Crippen LogP contribution < -0.4 is 79.8 Å². The Kier molecular flexibility index (Phi) is 27.1. The first-order valence-corrected chi connectivity index (χ1v) is 38.1. The fourth-order valence-electron chi connectivity index (χ4n) is 13.1. The molecule has 45 nitrogen and oxygen atoms in total. The third-order valence-corrected chi connectivity index (χ3v) is 19.0. The van der Waals surface area contributed by atoms with Gasteiger partial charge < -0.3 is 135 Å². The van der Waals surface area contributed by atoms with E-state index in [1.807, 2.05) is 0 Å². The molecule has 0 aliphatic heterocycles. The fraction of sp³-hybridized carbons (Fsp3) is 0.266. The molecule has 0 radical (unpaired) electrons. The minimum absolute atomic E-state index is 0.0138. The Morgan fingerprint density at radius 1 is 0.250 bits per heavy atom. The zero-order valence-corrected chi connectivity index (χ0v) is 69.2. The van der Waals surface area contributed by atoms with E-state index in [1.165, 1.54) is 181 Å². The van der Waals surface area contributed by atoms with E-state index in [0.29, 0.717) is 22.7 Å². The van der Waals surface area contributed by atoms with E-state index in [0.717, 1.165) is 0 Å². The van der Waals surface area contributed by atoms with Gasteiger partial charge in [-0.25, -0.2) is 9.97 Å². The number of anilines is 11. The van der Waals surface area contributed by atoms with Gasteiger partial charge in [0.2, 0.25) is 35.3 Å². The first-order valence-electron chi connectivity index (χ1n) is 38.1. The van der Waals surface area contributed by atoms with Crippen LogP contribution in [0.4, 0.5) is 62.8 Å². The van der Waals surface area contributed by atoms with Crippen LogP contribution in [0, 0.1) is 0 Å². The summed E-state index contributed by atoms with van der Waals surface area (Å²) in [5.41, 5.74) is 4.03. The van der Waals surface area contributed by atoms with Crippen LogP contribution in [-0.4, -0.2) is 186 Å². The molecule has 0 saturated heterocycles. The van der Waals surface area contributed by atoms with Crippen molar-refractivity contribution in [2.45, 2.75) is 39.0 Å². The smallest absolute Gasteiger partial charge is 0.305 e. The summed E-state index contributed by atoms with van der Waals surface area (Å²) in [5, 5.41) is 49.2. The second-order valence-corrected chi connectivity index (χ2v) is 28.9. The molecule has 11 heterocycles. The Morgan fingerprint density at radius 2 is 0.468 bits per heavy atom. The molecule has 0 spiro atoms. The van der Waals surface area contributed by atoms with Gasteiger partial charge in [0.05, 0.1) is 57.6 Å². The second kappa shape index (κ2) is 38.0. The summed E-state index contributed by atoms with van der Waals surface area (Å²) in [5.74, 6) is -8.83. The quantitative estimate of drug-likeness (QED) is 0.0251. The largest absolute Gasteiger partial charge is 0.481 e. The van der Waals surface area contributed by atoms with Gasteiger partial charge in [-0.3, -0.25) is 76.7 Å². The van der Waals surface area contributed by atoms with E-state index in [-0.39, 0.29) is 167 Å². The highest BCUT2D eigenvalue weighted by atomic mass is 16.4. The minimum Gasteiger partial charge on any atom is -0.481 e. The highest BCUT2D eigenvalue weighted by molar-refractivity contribution is 6.11. The number of aliphatic carboxylic acids is 1. The monoisotopic (exact) mass is 1700 g/mol. The number of amides is 15. The summed E-state index contributed by atoms with van der Waals surface area (Å²) in [4.78, 5) is 216. The number of carbonyl (C=O) groups is 16. The lowest BCUT2D eigenvalue weighted by molar-refractivity contribution is -0.137. The lowest BCUT2D eigenvalue weighted by Crippen LogP contribution is -2.29. The maximum atomic E-state index is 13.6. The summed E-state index contributed by atoms with van der Waals surface area (Å²) in [7, 11) is 17.5. The number of carboxylic acid groups (broad SMARTS) is 1. The number of hydrogen-bond donors (Lipinski definition) is 16. The van der Waals surface area contributed by atoms with Crippen LogP contribution >= 0.6 is 0 Å². The van der Waals surface area contributed by atoms with E-state index in [1.54, 1.807) is 76.7 Å². The molecule has 0 bridgehead atoms. The highest BCUT2D eigenvalue weighted by Gasteiger charge is 2.27. The van der Waals surface area contributed by atoms with E-state index in [4.69, 9.17) is 5.11 Å². The van der Waals surface area contributed by atoms with Gasteiger partial charge in [0.15, 0.2) is 11.6 Å². The molecular weight excluding hydrogens is 1610 g/mol. The van der Waals surface area contributed by atoms with E-state index < -0.39 is 88.7 Å². The predicted octanol–water partition coefficient (Wildman–Crippen LogP) is 3.80. The molecule has 648 valence electrons. The molecule has 11 aromatic heterocycles. The molecule has 124 heavy (non-hydrogen) atoms. The molecule has 11 rings (SSSR count). The molecule has 0 fully saturated rings. The van der Waals surface area contributed by atoms with Crippen LogP contribution in [0.15, 0.2) is 123 Å². The number of carboxylic acids is 1. The third kappa shape index (κ3) is 22.0. The Labute approximate surface area is 704 Å². The molecule has 11 aromatic rings. The van der Waals surface area contributed by atoms with Gasteiger partial charge in [0, 0.05) is 198 Å². The number of carbonyl (C=O) groups excluding carboxylic acids is 15. The average Bonchev–Trinajstić information content (AvgIpc) is 1.68. The summed E-state index contributed by atoms with van der Waals surface area (Å²) in [6, 6.07) is 13.0. The van der Waals surface area contributed by atoms with Crippen LogP contribution in [0.5, 0.6) is 0 Å². The van der Waals surface area contributed by atoms with Gasteiger partial charge in [-0.2, -0.15) is 0 Å². The number of imidazole rings is 2. The SMILES string of the molecule is CC(=O)Nc1cn(C)c(C(=O)Nc2cc(C(=O)Nc3cc(C(=O)NCCC(=O)Nc4cn(C)c(C(=O)Nc5cc(C(=O)Nc6cc(C(=O)NCCCC(=O)Nc7cc(C(=O)Nc8cc(C(=O)Nc9cc(C(=O)NCCC(=O)Nc%10cc(C(=O)Nc%11cc(C(=O)NCCC(=O)O)n(C)c%11)n(C)c%10)n(C)c9)n(C)c8)n(C)c7)n(C)c6)n(C)c5)n4)n(C)c3)n(C)c2)n1. The van der Waals surface area contributed by atoms with Crippen molar-refractivity contribution in [3.05, 3.63) is 186 Å². The zero-order chi connectivity index (χ0) is 89.8. The number of aryl methyl sites for hydroxylation is 11. The first kappa shape index (κ1) is 88.3. The molecular formula is C79H90N28O17. The Balaban J connectivity index is 0.560. The molecule has 15 amide bonds. The second-order valence-electron chi connectivity index (χ2n) is 28.9. The summed E-state index contributed by atoms with van der Waals surface area (Å²) >= 11 is 0. The van der Waals surface area contributed by atoms with Gasteiger partial charge >= 0.3 is 5.97 Å². The summed E-state index contributed by atoms with van der Waals surface area (Å²) in [6.45, 7) is 1.16. The van der Waals surface area contributed by atoms with Crippen molar-refractivity contribution < 1.29 is 81.8 Å². The Hall–Kier alpha value is -16.5. The number of rotatable bonds is 35. The van der Waals surface area contributed by atoms with Gasteiger partial charge in [-0.15, -0.1) is 0 Å². The Bertz CT molecular complexity index is 6100. The number of aromatic nitrogens is 13. The topological polar surface area (TPSA) is 554 Å². The van der Waals surface area contributed by atoms with E-state index in [2.05, 4.69) is 89.7 Å². The van der Waals surface area contributed by atoms with Crippen molar-refractivity contribution in [1.29, 1.82) is 0 Å². The van der Waals surface area contributed by atoms with Gasteiger partial charge in [0.25, 0.3) is 65.0 Å². The van der Waals surface area contributed by atoms with Crippen LogP contribution in [0.25, 0.3) is 0 Å². The van der Waals surface area contributed by atoms with Crippen molar-refractivity contribution >= 4 is 157 Å². The normalized spacial score (nSPS) is 10.9. The number of nitrogens with one attached hydrogen (secondary N) is 15. The average molecular weight is 1700 g/mol. The molecule has 0 saturated carbocycles. The van der Waals surface area contributed by atoms with Crippen molar-refractivity contribution in [3.63, 3.8) is 0 Å². The Morgan fingerprint density at radius 3 is 0.734 bits per heavy atom. The van der Waals surface area contributed by atoms with Gasteiger partial charge in [-0.05, 0) is 61.0 Å². The maximum Gasteiger partial charge on any atom is 0.305 e. The fourth-order valence-corrected chi connectivity index (χ4v) is 13.1. The van der Waals surface area contributed by atoms with Crippen molar-refractivity contribution in [3.8, 4) is 0 Å². The predicted molar refractivity (Wildman–Crippen MR) is 451 cm³/mol. The summed E-state index contributed by atoms with van der Waals surface area (Å²) < 4.78 is 16.2. The highest BCUT2D eigenvalue weighted by Crippen LogP contribution is 2.26. The van der Waals surface area contributed by atoms with Crippen LogP contribution in [0.2, 0.25) is 0 Å². The first-order chi connectivity index (χ1) is 58.8. The standard InChI is InChI=1S/C79H90N28O17/c1-42(108)84-61-40-106(11)67(95-61)78(123)92-50-29-59(104(9)38-50)77(122)90-47-26-54(99(4)35-47)71(116)82-20-16-65(111)94-62-41-107(12)68(96-62)79(124)93-51-30-60(105(10)39-51)76(121)88-45-24-52(97(2)33-45)69(114)80-18-13-14-63(109)85-43-22-56(101(6)31-43)74(119)91-49-28-58(103(8)37-49)75(120)89-46-25-53(98(3)34-46)70(115)81-19-15-64(110)86-44-23-57(102(7)32-44)73(118)87-48-27-55(100(5)36-48)72(117)83-21-17-66(112)113/h22-41H,13-21H2,1-12H3,(H,80,114)(H,81,115)(H,82,116)(H,83,117)(H,84,108)(H,85,109)(H,86,110)(H,87,118)(H,88,121)(H,89,120)(H,90,122)(H,91,119)(H,92,123)(H,93,124)(H,94,111)(H,112,113). The third-order valence-electron chi connectivity index (χ3n) is 19.0. The molecule has 0 aliphatic rings. The lowest BCUT2D eigenvalue weighted by Gasteiger charge is -2.06. The van der Waals surface area contributed by atoms with Crippen molar-refractivity contribution in [1.82, 2.24) is 81.5 Å². The maximum absolute atomic E-state index is 13.6. The van der Waals surface area contributed by atoms with Crippen LogP contribution in [0.1, 0.15) is 155 Å². The van der Waals surface area contributed by atoms with Gasteiger partial charge in [0.1, 0.15) is 51.2 Å². The zero-order valence-electron chi connectivity index (χ0n) is 69.2. The minimum atomic E-state index is -1.07. The molecule has 16 N–H and O–H groups in total. The van der Waals surface area contributed by atoms with Gasteiger partial charge in [-0.1, -0.05) is 0 Å². The molecule has 0 aliphatic carbocycles.